The summed E-state index contributed by atoms with van der Waals surface area (Å²) in [4.78, 5) is 16.5. The van der Waals surface area contributed by atoms with E-state index in [2.05, 4.69) is 9.80 Å². The van der Waals surface area contributed by atoms with Crippen molar-refractivity contribution >= 4 is 6.41 Å². The van der Waals surface area contributed by atoms with Crippen LogP contribution in [0.5, 0.6) is 0 Å². The molecule has 5 nitrogen and oxygen atoms in total. The molecule has 1 amide bonds. The van der Waals surface area contributed by atoms with E-state index in [9.17, 15) is 4.79 Å². The molecule has 1 saturated heterocycles. The van der Waals surface area contributed by atoms with Crippen molar-refractivity contribution in [3.05, 3.63) is 0 Å². The van der Waals surface area contributed by atoms with Gasteiger partial charge in [-0.25, -0.2) is 0 Å². The lowest BCUT2D eigenvalue weighted by atomic mass is 10.3. The van der Waals surface area contributed by atoms with Crippen molar-refractivity contribution in [1.29, 1.82) is 0 Å². The molecule has 0 unspecified atom stereocenters. The molecule has 1 aliphatic heterocycles. The second-order valence-electron chi connectivity index (χ2n) is 4.34. The number of hydrogen-bond donors (Lipinski definition) is 0. The summed E-state index contributed by atoms with van der Waals surface area (Å²) in [5.74, 6) is 0. The molecule has 1 heterocycles. The average molecular weight is 228 g/mol. The van der Waals surface area contributed by atoms with E-state index in [-0.39, 0.29) is 0 Å². The van der Waals surface area contributed by atoms with E-state index in [1.54, 1.807) is 4.90 Å². The van der Waals surface area contributed by atoms with Gasteiger partial charge in [0.15, 0.2) is 0 Å². The van der Waals surface area contributed by atoms with Gasteiger partial charge in [-0.15, -0.1) is 0 Å². The maximum atomic E-state index is 10.4. The fourth-order valence-electron chi connectivity index (χ4n) is 1.61. The summed E-state index contributed by atoms with van der Waals surface area (Å²) in [7, 11) is 4.08. The number of piperazine rings is 1. The van der Waals surface area contributed by atoms with Crippen LogP contribution in [0.2, 0.25) is 0 Å². The van der Waals surface area contributed by atoms with Crippen LogP contribution in [0.3, 0.4) is 0 Å². The largest absolute Gasteiger partial charge is 0.379 e. The predicted molar refractivity (Wildman–Crippen MR) is 63.1 cm³/mol. The molecule has 0 aromatic carbocycles. The number of carbonyl (C=O) groups excluding carboxylic acids is 1. The Hall–Kier alpha value is -0.650. The molecule has 0 atom stereocenters. The zero-order chi connectivity index (χ0) is 11.8. The lowest BCUT2D eigenvalue weighted by molar-refractivity contribution is 0.0800. The minimum atomic E-state index is 0.776. The van der Waals surface area contributed by atoms with Gasteiger partial charge < -0.3 is 14.5 Å². The zero-order valence-electron chi connectivity index (χ0n) is 10.3. The van der Waals surface area contributed by atoms with Crippen molar-refractivity contribution in [1.82, 2.24) is 14.7 Å². The van der Waals surface area contributed by atoms with Crippen LogP contribution in [0.1, 0.15) is 0 Å². The van der Waals surface area contributed by atoms with Gasteiger partial charge in [0.25, 0.3) is 0 Å². The quantitative estimate of drug-likeness (QED) is 0.537. The minimum absolute atomic E-state index is 0.776. The third kappa shape index (κ3) is 5.44. The van der Waals surface area contributed by atoms with E-state index in [0.717, 1.165) is 52.5 Å². The van der Waals surface area contributed by atoms with Gasteiger partial charge in [-0.1, -0.05) is 0 Å². The second-order valence-corrected chi connectivity index (χ2v) is 4.34. The summed E-state index contributed by atoms with van der Waals surface area (Å²) >= 11 is 0. The molecule has 0 spiro atoms. The molecule has 0 N–H and O–H groups in total. The van der Waals surface area contributed by atoms with Crippen LogP contribution in [-0.2, 0) is 9.53 Å². The highest BCUT2D eigenvalue weighted by molar-refractivity contribution is 5.48. The first-order valence-corrected chi connectivity index (χ1v) is 5.80. The number of likely N-dealkylation sites (N-methyl/N-ethyl adjacent to an activating group) is 1. The third-order valence-corrected chi connectivity index (χ3v) is 2.74. The Morgan fingerprint density at radius 1 is 1.19 bits per heavy atom. The van der Waals surface area contributed by atoms with Crippen molar-refractivity contribution in [2.24, 2.45) is 0 Å². The summed E-state index contributed by atoms with van der Waals surface area (Å²) in [5, 5.41) is 0. The van der Waals surface area contributed by atoms with Crippen LogP contribution in [0.4, 0.5) is 0 Å². The molecule has 0 aliphatic carbocycles. The number of nitrogens with zero attached hydrogens (tertiary/aromatic N) is 3. The van der Waals surface area contributed by atoms with Gasteiger partial charge in [0.05, 0.1) is 13.2 Å². The Labute approximate surface area is 97.9 Å². The molecule has 0 saturated carbocycles. The summed E-state index contributed by atoms with van der Waals surface area (Å²) in [6.07, 6.45) is 1.93. The van der Waals surface area contributed by atoms with Crippen molar-refractivity contribution in [3.63, 3.8) is 0 Å². The molecule has 0 bridgehead atoms. The lowest BCUT2D eigenvalue weighted by Crippen LogP contribution is -2.46. The average Bonchev–Trinajstić information content (AvgIpc) is 2.29. The van der Waals surface area contributed by atoms with Crippen LogP contribution in [-0.4, -0.2) is 87.7 Å². The number of hydrogen-bond acceptors (Lipinski definition) is 4. The van der Waals surface area contributed by atoms with E-state index in [1.807, 2.05) is 20.5 Å². The van der Waals surface area contributed by atoms with Crippen molar-refractivity contribution in [2.45, 2.75) is 0 Å². The SMILES string of the molecule is CN(C)CCOCCN1CCN([C]=O)CC1. The fourth-order valence-corrected chi connectivity index (χ4v) is 1.61. The number of ether oxygens (including phenoxy) is 1. The maximum absolute atomic E-state index is 10.4. The molecule has 16 heavy (non-hydrogen) atoms. The van der Waals surface area contributed by atoms with Gasteiger partial charge >= 0.3 is 6.41 Å². The Kier molecular flexibility index (Phi) is 6.37. The monoisotopic (exact) mass is 228 g/mol. The molecule has 1 aliphatic rings. The number of amides is 1. The molecule has 1 radical (unpaired) electrons. The van der Waals surface area contributed by atoms with Crippen LogP contribution in [0.25, 0.3) is 0 Å². The van der Waals surface area contributed by atoms with E-state index >= 15 is 0 Å². The number of rotatable bonds is 7. The third-order valence-electron chi connectivity index (χ3n) is 2.74. The molecular formula is C11H22N3O2. The maximum Gasteiger partial charge on any atom is 0.312 e. The standard InChI is InChI=1S/C11H22N3O2/c1-12(2)7-9-16-10-8-13-3-5-14(11-15)6-4-13/h3-10H2,1-2H3. The van der Waals surface area contributed by atoms with Crippen molar-refractivity contribution in [3.8, 4) is 0 Å². The minimum Gasteiger partial charge on any atom is -0.379 e. The highest BCUT2D eigenvalue weighted by atomic mass is 16.5. The van der Waals surface area contributed by atoms with Gasteiger partial charge in [-0.05, 0) is 14.1 Å². The van der Waals surface area contributed by atoms with E-state index in [4.69, 9.17) is 4.74 Å². The molecular weight excluding hydrogens is 206 g/mol. The topological polar surface area (TPSA) is 36.0 Å². The Morgan fingerprint density at radius 2 is 1.88 bits per heavy atom. The Bertz CT molecular complexity index is 192. The van der Waals surface area contributed by atoms with Gasteiger partial charge in [0, 0.05) is 39.3 Å². The Morgan fingerprint density at radius 3 is 2.44 bits per heavy atom. The lowest BCUT2D eigenvalue weighted by Gasteiger charge is -2.31. The summed E-state index contributed by atoms with van der Waals surface area (Å²) in [6.45, 7) is 6.95. The molecule has 1 fully saturated rings. The summed E-state index contributed by atoms with van der Waals surface area (Å²) < 4.78 is 5.53. The van der Waals surface area contributed by atoms with Crippen LogP contribution >= 0.6 is 0 Å². The smallest absolute Gasteiger partial charge is 0.312 e. The first kappa shape index (κ1) is 13.4. The molecule has 5 heteroatoms. The van der Waals surface area contributed by atoms with Gasteiger partial charge in [0.2, 0.25) is 0 Å². The van der Waals surface area contributed by atoms with Gasteiger partial charge in [0.1, 0.15) is 0 Å². The second kappa shape index (κ2) is 7.60. The normalized spacial score (nSPS) is 18.1. The highest BCUT2D eigenvalue weighted by Crippen LogP contribution is 1.98. The van der Waals surface area contributed by atoms with Crippen molar-refractivity contribution < 1.29 is 9.53 Å². The molecule has 0 aromatic rings. The van der Waals surface area contributed by atoms with E-state index < -0.39 is 0 Å². The first-order valence-electron chi connectivity index (χ1n) is 5.80. The Balaban J connectivity index is 1.96. The van der Waals surface area contributed by atoms with Crippen LogP contribution in [0.15, 0.2) is 0 Å². The van der Waals surface area contributed by atoms with E-state index in [1.165, 1.54) is 0 Å². The van der Waals surface area contributed by atoms with Crippen LogP contribution in [0, 0.1) is 0 Å². The van der Waals surface area contributed by atoms with Crippen molar-refractivity contribution in [2.75, 3.05) is 66.6 Å². The molecule has 1 rings (SSSR count). The molecule has 0 aromatic heterocycles. The summed E-state index contributed by atoms with van der Waals surface area (Å²) in [6, 6.07) is 0. The molecule has 93 valence electrons. The van der Waals surface area contributed by atoms with E-state index in [0.29, 0.717) is 0 Å². The predicted octanol–water partition coefficient (Wildman–Crippen LogP) is -0.751. The highest BCUT2D eigenvalue weighted by Gasteiger charge is 2.14. The van der Waals surface area contributed by atoms with Crippen LogP contribution < -0.4 is 0 Å². The van der Waals surface area contributed by atoms with Gasteiger partial charge in [-0.2, -0.15) is 0 Å². The summed E-state index contributed by atoms with van der Waals surface area (Å²) in [5.41, 5.74) is 0. The van der Waals surface area contributed by atoms with Gasteiger partial charge in [-0.3, -0.25) is 9.69 Å². The zero-order valence-corrected chi connectivity index (χ0v) is 10.3. The fraction of sp³-hybridized carbons (Fsp3) is 0.909. The first-order chi connectivity index (χ1) is 7.72.